The van der Waals surface area contributed by atoms with Gasteiger partial charge in [-0.3, -0.25) is 0 Å². The molecule has 0 unspecified atom stereocenters. The van der Waals surface area contributed by atoms with E-state index in [0.29, 0.717) is 25.2 Å². The van der Waals surface area contributed by atoms with Crippen LogP contribution in [0.5, 0.6) is 5.75 Å². The average Bonchev–Trinajstić information content (AvgIpc) is 2.39. The fourth-order valence-corrected chi connectivity index (χ4v) is 1.66. The first-order valence-corrected chi connectivity index (χ1v) is 6.22. The van der Waals surface area contributed by atoms with Crippen molar-refractivity contribution in [3.05, 3.63) is 23.8 Å². The third-order valence-corrected chi connectivity index (χ3v) is 2.73. The smallest absolute Gasteiger partial charge is 0.339 e. The van der Waals surface area contributed by atoms with Crippen LogP contribution in [-0.4, -0.2) is 51.9 Å². The molecule has 1 aromatic rings. The molecule has 0 fully saturated rings. The summed E-state index contributed by atoms with van der Waals surface area (Å²) in [5.41, 5.74) is 0.0792. The number of aliphatic hydroxyl groups excluding tert-OH is 1. The number of carbonyl (C=O) groups excluding carboxylic acids is 1. The Kier molecular flexibility index (Phi) is 5.79. The molecule has 0 aliphatic carbocycles. The van der Waals surface area contributed by atoms with Gasteiger partial charge in [-0.05, 0) is 25.5 Å². The zero-order chi connectivity index (χ0) is 15.1. The van der Waals surface area contributed by atoms with Gasteiger partial charge >= 0.3 is 12.0 Å². The summed E-state index contributed by atoms with van der Waals surface area (Å²) in [4.78, 5) is 24.2. The molecule has 0 spiro atoms. The number of amides is 2. The van der Waals surface area contributed by atoms with Crippen molar-refractivity contribution >= 4 is 17.7 Å². The Morgan fingerprint density at radius 1 is 1.35 bits per heavy atom. The predicted molar refractivity (Wildman–Crippen MR) is 73.0 cm³/mol. The first-order chi connectivity index (χ1) is 9.49. The highest BCUT2D eigenvalue weighted by atomic mass is 16.4. The van der Waals surface area contributed by atoms with Crippen LogP contribution < -0.4 is 5.32 Å². The lowest BCUT2D eigenvalue weighted by atomic mass is 10.2. The summed E-state index contributed by atoms with van der Waals surface area (Å²) in [6.45, 7) is 2.70. The molecule has 2 amide bonds. The maximum Gasteiger partial charge on any atom is 0.339 e. The van der Waals surface area contributed by atoms with Gasteiger partial charge in [0.2, 0.25) is 0 Å². The largest absolute Gasteiger partial charge is 0.507 e. The van der Waals surface area contributed by atoms with Gasteiger partial charge in [0, 0.05) is 31.5 Å². The van der Waals surface area contributed by atoms with E-state index in [-0.39, 0.29) is 18.2 Å². The molecule has 7 nitrogen and oxygen atoms in total. The van der Waals surface area contributed by atoms with Crippen LogP contribution in [0.15, 0.2) is 18.2 Å². The molecule has 7 heteroatoms. The van der Waals surface area contributed by atoms with Crippen LogP contribution in [0.2, 0.25) is 0 Å². The molecule has 0 aromatic heterocycles. The number of aromatic carboxylic acids is 1. The molecule has 0 atom stereocenters. The molecular formula is C13H18N2O5. The first kappa shape index (κ1) is 15.8. The van der Waals surface area contributed by atoms with Gasteiger partial charge in [0.05, 0.1) is 0 Å². The lowest BCUT2D eigenvalue weighted by Gasteiger charge is -2.21. The lowest BCUT2D eigenvalue weighted by molar-refractivity contribution is 0.0693. The van der Waals surface area contributed by atoms with Crippen LogP contribution in [0.4, 0.5) is 10.5 Å². The second-order valence-electron chi connectivity index (χ2n) is 4.12. The molecular weight excluding hydrogens is 264 g/mol. The van der Waals surface area contributed by atoms with Crippen molar-refractivity contribution in [3.63, 3.8) is 0 Å². The number of hydrogen-bond donors (Lipinski definition) is 4. The van der Waals surface area contributed by atoms with Crippen LogP contribution >= 0.6 is 0 Å². The van der Waals surface area contributed by atoms with Crippen LogP contribution in [0, 0.1) is 0 Å². The minimum atomic E-state index is -1.24. The fraction of sp³-hybridized carbons (Fsp3) is 0.385. The Morgan fingerprint density at radius 3 is 2.55 bits per heavy atom. The van der Waals surface area contributed by atoms with Crippen molar-refractivity contribution in [2.24, 2.45) is 0 Å². The Labute approximate surface area is 116 Å². The third-order valence-electron chi connectivity index (χ3n) is 2.73. The van der Waals surface area contributed by atoms with E-state index in [1.54, 1.807) is 0 Å². The Hall–Kier alpha value is -2.28. The average molecular weight is 282 g/mol. The van der Waals surface area contributed by atoms with Crippen molar-refractivity contribution in [3.8, 4) is 5.75 Å². The summed E-state index contributed by atoms with van der Waals surface area (Å²) in [5.74, 6) is -1.65. The number of carbonyl (C=O) groups is 2. The van der Waals surface area contributed by atoms with Gasteiger partial charge in [0.1, 0.15) is 11.3 Å². The van der Waals surface area contributed by atoms with Gasteiger partial charge in [0.25, 0.3) is 0 Å². The fourth-order valence-electron chi connectivity index (χ4n) is 1.66. The molecule has 20 heavy (non-hydrogen) atoms. The number of anilines is 1. The quantitative estimate of drug-likeness (QED) is 0.629. The van der Waals surface area contributed by atoms with Crippen LogP contribution in [0.25, 0.3) is 0 Å². The Bertz CT molecular complexity index is 490. The summed E-state index contributed by atoms with van der Waals surface area (Å²) >= 11 is 0. The van der Waals surface area contributed by atoms with Crippen molar-refractivity contribution < 1.29 is 24.9 Å². The van der Waals surface area contributed by atoms with Crippen molar-refractivity contribution in [2.75, 3.05) is 25.0 Å². The number of hydrogen-bond acceptors (Lipinski definition) is 4. The Balaban J connectivity index is 2.74. The van der Waals surface area contributed by atoms with Crippen LogP contribution in [0.3, 0.4) is 0 Å². The molecule has 1 rings (SSSR count). The number of phenols is 1. The molecule has 0 radical (unpaired) electrons. The van der Waals surface area contributed by atoms with E-state index < -0.39 is 11.7 Å². The first-order valence-electron chi connectivity index (χ1n) is 6.22. The van der Waals surface area contributed by atoms with Crippen molar-refractivity contribution in [1.82, 2.24) is 4.90 Å². The summed E-state index contributed by atoms with van der Waals surface area (Å²) in [6, 6.07) is 3.43. The number of aromatic hydroxyl groups is 1. The van der Waals surface area contributed by atoms with E-state index in [1.165, 1.54) is 23.1 Å². The number of nitrogens with zero attached hydrogens (tertiary/aromatic N) is 1. The highest BCUT2D eigenvalue weighted by molar-refractivity contribution is 5.93. The number of nitrogens with one attached hydrogen (secondary N) is 1. The molecule has 110 valence electrons. The van der Waals surface area contributed by atoms with Gasteiger partial charge in [0.15, 0.2) is 0 Å². The number of aliphatic hydroxyl groups is 1. The van der Waals surface area contributed by atoms with E-state index in [2.05, 4.69) is 5.32 Å². The molecule has 0 heterocycles. The molecule has 0 aliphatic rings. The number of rotatable bonds is 6. The maximum atomic E-state index is 11.9. The second kappa shape index (κ2) is 7.34. The molecule has 0 saturated carbocycles. The molecule has 1 aromatic carbocycles. The standard InChI is InChI=1S/C13H18N2O5/c1-2-15(6-3-7-16)13(20)14-9-4-5-10(12(18)19)11(17)8-9/h4-5,8,16-17H,2-3,6-7H2,1H3,(H,14,20)(H,18,19). The highest BCUT2D eigenvalue weighted by Gasteiger charge is 2.14. The number of carboxylic acids is 1. The van der Waals surface area contributed by atoms with E-state index in [9.17, 15) is 14.7 Å². The summed E-state index contributed by atoms with van der Waals surface area (Å²) in [6.07, 6.45) is 0.477. The maximum absolute atomic E-state index is 11.9. The Morgan fingerprint density at radius 2 is 2.05 bits per heavy atom. The molecule has 4 N–H and O–H groups in total. The second-order valence-corrected chi connectivity index (χ2v) is 4.12. The third kappa shape index (κ3) is 4.13. The van der Waals surface area contributed by atoms with E-state index >= 15 is 0 Å². The monoisotopic (exact) mass is 282 g/mol. The summed E-state index contributed by atoms with van der Waals surface area (Å²) in [7, 11) is 0. The number of urea groups is 1. The van der Waals surface area contributed by atoms with Crippen molar-refractivity contribution in [2.45, 2.75) is 13.3 Å². The van der Waals surface area contributed by atoms with Crippen LogP contribution in [-0.2, 0) is 0 Å². The van der Waals surface area contributed by atoms with Gasteiger partial charge in [-0.2, -0.15) is 0 Å². The minimum Gasteiger partial charge on any atom is -0.507 e. The zero-order valence-corrected chi connectivity index (χ0v) is 11.2. The van der Waals surface area contributed by atoms with Gasteiger partial charge in [-0.1, -0.05) is 0 Å². The summed E-state index contributed by atoms with van der Waals surface area (Å²) < 4.78 is 0. The number of benzene rings is 1. The molecule has 0 bridgehead atoms. The molecule has 0 aliphatic heterocycles. The van der Waals surface area contributed by atoms with Gasteiger partial charge < -0.3 is 25.5 Å². The molecule has 0 saturated heterocycles. The SMILES string of the molecule is CCN(CCCO)C(=O)Nc1ccc(C(=O)O)c(O)c1. The van der Waals surface area contributed by atoms with E-state index in [4.69, 9.17) is 10.2 Å². The predicted octanol–water partition coefficient (Wildman–Crippen LogP) is 1.33. The van der Waals surface area contributed by atoms with E-state index in [0.717, 1.165) is 0 Å². The normalized spacial score (nSPS) is 10.1. The van der Waals surface area contributed by atoms with Gasteiger partial charge in [-0.15, -0.1) is 0 Å². The highest BCUT2D eigenvalue weighted by Crippen LogP contribution is 2.22. The zero-order valence-electron chi connectivity index (χ0n) is 11.2. The topological polar surface area (TPSA) is 110 Å². The van der Waals surface area contributed by atoms with Crippen LogP contribution in [0.1, 0.15) is 23.7 Å². The van der Waals surface area contributed by atoms with E-state index in [1.807, 2.05) is 6.92 Å². The lowest BCUT2D eigenvalue weighted by Crippen LogP contribution is -2.35. The minimum absolute atomic E-state index is 0.00211. The number of carboxylic acid groups (broad SMARTS) is 1. The van der Waals surface area contributed by atoms with Gasteiger partial charge in [-0.25, -0.2) is 9.59 Å². The van der Waals surface area contributed by atoms with Crippen molar-refractivity contribution in [1.29, 1.82) is 0 Å². The summed E-state index contributed by atoms with van der Waals surface area (Å²) in [5, 5.41) is 29.6.